The fraction of sp³-hybridized carbons (Fsp3) is 0.645. The van der Waals surface area contributed by atoms with Gasteiger partial charge in [-0.05, 0) is 37.5 Å². The van der Waals surface area contributed by atoms with Crippen LogP contribution in [-0.4, -0.2) is 33.5 Å². The highest BCUT2D eigenvalue weighted by molar-refractivity contribution is 8.00. The topological polar surface area (TPSA) is 52.1 Å². The van der Waals surface area contributed by atoms with Crippen molar-refractivity contribution in [1.29, 1.82) is 0 Å². The van der Waals surface area contributed by atoms with E-state index in [0.29, 0.717) is 6.61 Å². The lowest BCUT2D eigenvalue weighted by Gasteiger charge is -2.12. The number of rotatable bonds is 21. The van der Waals surface area contributed by atoms with Crippen molar-refractivity contribution in [3.63, 3.8) is 0 Å². The average Bonchev–Trinajstić information content (AvgIpc) is 2.92. The molecule has 0 bridgehead atoms. The first kappa shape index (κ1) is 31.7. The molecular weight excluding hydrogens is 496 g/mol. The quantitative estimate of drug-likeness (QED) is 0.0674. The van der Waals surface area contributed by atoms with Crippen molar-refractivity contribution in [3.05, 3.63) is 36.7 Å². The van der Waals surface area contributed by atoms with Crippen molar-refractivity contribution in [2.24, 2.45) is 0 Å². The van der Waals surface area contributed by atoms with Gasteiger partial charge >= 0.3 is 5.97 Å². The van der Waals surface area contributed by atoms with Gasteiger partial charge in [-0.1, -0.05) is 115 Å². The third-order valence-electron chi connectivity index (χ3n) is 6.43. The predicted octanol–water partition coefficient (Wildman–Crippen LogP) is 9.76. The van der Waals surface area contributed by atoms with E-state index in [1.54, 1.807) is 23.5 Å². The summed E-state index contributed by atoms with van der Waals surface area (Å²) >= 11 is 3.29. The Bertz CT molecular complexity index is 843. The Labute approximate surface area is 234 Å². The van der Waals surface area contributed by atoms with E-state index in [4.69, 9.17) is 4.74 Å². The summed E-state index contributed by atoms with van der Waals surface area (Å²) in [7, 11) is 0. The maximum Gasteiger partial charge on any atom is 0.319 e. The van der Waals surface area contributed by atoms with E-state index < -0.39 is 0 Å². The predicted molar refractivity (Wildman–Crippen MR) is 160 cm³/mol. The van der Waals surface area contributed by atoms with Gasteiger partial charge in [0.15, 0.2) is 5.16 Å². The molecule has 2 aromatic rings. The fourth-order valence-electron chi connectivity index (χ4n) is 4.09. The number of unbranched alkanes of at least 4 members (excludes halogenated alkanes) is 12. The molecule has 6 heteroatoms. The van der Waals surface area contributed by atoms with Crippen LogP contribution in [0.4, 0.5) is 0 Å². The Morgan fingerprint density at radius 3 is 1.89 bits per heavy atom. The van der Waals surface area contributed by atoms with Crippen LogP contribution in [0.25, 0.3) is 11.1 Å². The third kappa shape index (κ3) is 14.3. The van der Waals surface area contributed by atoms with E-state index in [9.17, 15) is 4.79 Å². The second-order valence-corrected chi connectivity index (χ2v) is 12.3. The number of hydrogen-bond acceptors (Lipinski definition) is 6. The molecule has 0 N–H and O–H groups in total. The van der Waals surface area contributed by atoms with Crippen molar-refractivity contribution in [2.45, 2.75) is 126 Å². The molecule has 0 radical (unpaired) electrons. The van der Waals surface area contributed by atoms with Crippen molar-refractivity contribution in [2.75, 3.05) is 12.4 Å². The summed E-state index contributed by atoms with van der Waals surface area (Å²) in [6.07, 6.45) is 21.7. The molecule has 0 saturated carbocycles. The number of esters is 1. The van der Waals surface area contributed by atoms with Gasteiger partial charge in [0.1, 0.15) is 5.25 Å². The maximum atomic E-state index is 12.3. The van der Waals surface area contributed by atoms with Gasteiger partial charge in [0.25, 0.3) is 0 Å². The van der Waals surface area contributed by atoms with Gasteiger partial charge in [0.05, 0.1) is 6.61 Å². The number of carbonyl (C=O) groups excluding carboxylic acids is 1. The van der Waals surface area contributed by atoms with Crippen LogP contribution >= 0.6 is 23.5 Å². The Morgan fingerprint density at radius 2 is 1.30 bits per heavy atom. The smallest absolute Gasteiger partial charge is 0.319 e. The molecule has 1 heterocycles. The van der Waals surface area contributed by atoms with Crippen molar-refractivity contribution in [1.82, 2.24) is 9.97 Å². The molecule has 0 aliphatic heterocycles. The molecule has 0 amide bonds. The van der Waals surface area contributed by atoms with E-state index in [0.717, 1.165) is 39.8 Å². The monoisotopic (exact) mass is 544 g/mol. The summed E-state index contributed by atoms with van der Waals surface area (Å²) in [5, 5.41) is 0.638. The normalized spacial score (nSPS) is 12.0. The highest BCUT2D eigenvalue weighted by Crippen LogP contribution is 2.28. The molecule has 0 aliphatic carbocycles. The van der Waals surface area contributed by atoms with Gasteiger partial charge in [-0.25, -0.2) is 9.97 Å². The van der Waals surface area contributed by atoms with Gasteiger partial charge in [-0.15, -0.1) is 11.8 Å². The van der Waals surface area contributed by atoms with Gasteiger partial charge in [0.2, 0.25) is 0 Å². The lowest BCUT2D eigenvalue weighted by Crippen LogP contribution is -2.17. The van der Waals surface area contributed by atoms with E-state index in [1.165, 1.54) is 77.0 Å². The zero-order chi connectivity index (χ0) is 26.6. The van der Waals surface area contributed by atoms with Gasteiger partial charge in [0, 0.05) is 28.6 Å². The first-order valence-corrected chi connectivity index (χ1v) is 16.4. The van der Waals surface area contributed by atoms with Crippen LogP contribution in [0, 0.1) is 0 Å². The molecular formula is C31H48N2O2S2. The summed E-state index contributed by atoms with van der Waals surface area (Å²) in [6.45, 7) is 6.93. The van der Waals surface area contributed by atoms with Crippen LogP contribution < -0.4 is 0 Å². The first-order chi connectivity index (χ1) is 18.1. The number of benzene rings is 1. The van der Waals surface area contributed by atoms with E-state index in [2.05, 4.69) is 48.1 Å². The molecule has 4 nitrogen and oxygen atoms in total. The van der Waals surface area contributed by atoms with E-state index >= 15 is 0 Å². The minimum atomic E-state index is -0.216. The van der Waals surface area contributed by atoms with Crippen LogP contribution in [0.2, 0.25) is 0 Å². The first-order valence-electron chi connectivity index (χ1n) is 14.5. The molecule has 0 saturated heterocycles. The van der Waals surface area contributed by atoms with Crippen molar-refractivity contribution >= 4 is 29.5 Å². The third-order valence-corrected chi connectivity index (χ3v) is 8.48. The molecule has 0 unspecified atom stereocenters. The number of thioether (sulfide) groups is 2. The Kier molecular flexibility index (Phi) is 17.5. The number of carbonyl (C=O) groups is 1. The highest BCUT2D eigenvalue weighted by atomic mass is 32.2. The number of nitrogens with zero attached hydrogens (tertiary/aromatic N) is 2. The molecule has 1 aromatic carbocycles. The van der Waals surface area contributed by atoms with Crippen molar-refractivity contribution in [3.8, 4) is 11.1 Å². The summed E-state index contributed by atoms with van der Waals surface area (Å²) in [5.74, 6) is 0.955. The summed E-state index contributed by atoms with van der Waals surface area (Å²) < 4.78 is 5.47. The standard InChI is InChI=1S/C31H48N2O2S2/c1-4-6-8-10-12-13-15-17-23-36-31-32-24-28(25-33-31)27-18-20-29(21-19-27)37-26(3)30(34)35-22-16-14-11-9-7-5-2/h18-21,24-26H,4-17,22-23H2,1-3H3/t26-/m1/s1. The van der Waals surface area contributed by atoms with Crippen LogP contribution in [0.1, 0.15) is 111 Å². The summed E-state index contributed by atoms with van der Waals surface area (Å²) in [4.78, 5) is 22.5. The lowest BCUT2D eigenvalue weighted by molar-refractivity contribution is -0.142. The van der Waals surface area contributed by atoms with Crippen LogP contribution in [-0.2, 0) is 9.53 Å². The molecule has 1 atom stereocenters. The minimum absolute atomic E-state index is 0.129. The largest absolute Gasteiger partial charge is 0.465 e. The zero-order valence-corrected chi connectivity index (χ0v) is 25.0. The fourth-order valence-corrected chi connectivity index (χ4v) is 5.74. The van der Waals surface area contributed by atoms with Crippen LogP contribution in [0.3, 0.4) is 0 Å². The lowest BCUT2D eigenvalue weighted by atomic mass is 10.1. The molecule has 37 heavy (non-hydrogen) atoms. The highest BCUT2D eigenvalue weighted by Gasteiger charge is 2.16. The molecule has 206 valence electrons. The summed E-state index contributed by atoms with van der Waals surface area (Å²) in [5.41, 5.74) is 2.10. The van der Waals surface area contributed by atoms with Gasteiger partial charge in [-0.3, -0.25) is 4.79 Å². The second-order valence-electron chi connectivity index (χ2n) is 9.80. The second kappa shape index (κ2) is 20.4. The molecule has 0 aliphatic rings. The van der Waals surface area contributed by atoms with E-state index in [1.807, 2.05) is 19.3 Å². The van der Waals surface area contributed by atoms with Crippen LogP contribution in [0.5, 0.6) is 0 Å². The number of aromatic nitrogens is 2. The molecule has 0 fully saturated rings. The van der Waals surface area contributed by atoms with Gasteiger partial charge in [-0.2, -0.15) is 0 Å². The minimum Gasteiger partial charge on any atom is -0.465 e. The van der Waals surface area contributed by atoms with Crippen LogP contribution in [0.15, 0.2) is 46.7 Å². The Hall–Kier alpha value is -1.53. The Balaban J connectivity index is 1.65. The zero-order valence-electron chi connectivity index (χ0n) is 23.4. The molecule has 2 rings (SSSR count). The number of hydrogen-bond donors (Lipinski definition) is 0. The molecule has 0 spiro atoms. The maximum absolute atomic E-state index is 12.3. The SMILES string of the molecule is CCCCCCCCCCSc1ncc(-c2ccc(S[C@H](C)C(=O)OCCCCCCCC)cc2)cn1. The number of ether oxygens (including phenoxy) is 1. The van der Waals surface area contributed by atoms with Gasteiger partial charge < -0.3 is 4.74 Å². The average molecular weight is 545 g/mol. The van der Waals surface area contributed by atoms with E-state index in [-0.39, 0.29) is 11.2 Å². The summed E-state index contributed by atoms with van der Waals surface area (Å²) in [6, 6.07) is 8.26. The Morgan fingerprint density at radius 1 is 0.757 bits per heavy atom. The van der Waals surface area contributed by atoms with Crippen molar-refractivity contribution < 1.29 is 9.53 Å². The molecule has 1 aromatic heterocycles.